The summed E-state index contributed by atoms with van der Waals surface area (Å²) in [6, 6.07) is 8.24. The van der Waals surface area contributed by atoms with Crippen molar-refractivity contribution >= 4 is 46.2 Å². The number of rotatable bonds is 3. The Hall–Kier alpha value is -0.190. The third kappa shape index (κ3) is 3.40. The topological polar surface area (TPSA) is 24.4 Å². The number of alkyl halides is 1. The number of benzene rings is 1. The molecule has 0 aliphatic carbocycles. The van der Waals surface area contributed by atoms with Gasteiger partial charge in [-0.25, -0.2) is 0 Å². The number of nitrogens with zero attached hydrogens (tertiary/aromatic N) is 1. The molecule has 2 nitrogen and oxygen atoms in total. The van der Waals surface area contributed by atoms with Crippen molar-refractivity contribution in [1.82, 2.24) is 5.32 Å². The van der Waals surface area contributed by atoms with Crippen molar-refractivity contribution in [2.75, 3.05) is 18.3 Å². The Labute approximate surface area is 116 Å². The minimum absolute atomic E-state index is 0. The van der Waals surface area contributed by atoms with Crippen molar-refractivity contribution in [3.05, 3.63) is 29.8 Å². The highest BCUT2D eigenvalue weighted by Gasteiger charge is 2.10. The lowest BCUT2D eigenvalue weighted by molar-refractivity contribution is 0.741. The van der Waals surface area contributed by atoms with E-state index in [0.717, 1.165) is 25.3 Å². The molecule has 0 unspecified atom stereocenters. The summed E-state index contributed by atoms with van der Waals surface area (Å²) in [6.45, 7) is 1.93. The number of halogens is 2. The van der Waals surface area contributed by atoms with Gasteiger partial charge in [-0.1, -0.05) is 18.2 Å². The fourth-order valence-corrected chi connectivity index (χ4v) is 2.53. The Morgan fingerprint density at radius 1 is 1.38 bits per heavy atom. The van der Waals surface area contributed by atoms with E-state index in [2.05, 4.69) is 22.4 Å². The molecule has 0 radical (unpaired) electrons. The third-order valence-electron chi connectivity index (χ3n) is 2.25. The van der Waals surface area contributed by atoms with Gasteiger partial charge in [0.1, 0.15) is 5.84 Å². The van der Waals surface area contributed by atoms with Gasteiger partial charge in [0.2, 0.25) is 0 Å². The minimum Gasteiger partial charge on any atom is -0.370 e. The van der Waals surface area contributed by atoms with Crippen LogP contribution in [0.2, 0.25) is 0 Å². The molecule has 0 bridgehead atoms. The van der Waals surface area contributed by atoms with Gasteiger partial charge >= 0.3 is 0 Å². The van der Waals surface area contributed by atoms with E-state index in [-0.39, 0.29) is 17.0 Å². The molecule has 16 heavy (non-hydrogen) atoms. The monoisotopic (exact) mass is 320 g/mol. The first-order chi connectivity index (χ1) is 7.42. The summed E-state index contributed by atoms with van der Waals surface area (Å²) in [5.74, 6) is 1.01. The first-order valence-electron chi connectivity index (χ1n) is 4.98. The summed E-state index contributed by atoms with van der Waals surface area (Å²) < 4.78 is 0. The van der Waals surface area contributed by atoms with Crippen LogP contribution in [-0.4, -0.2) is 24.1 Å². The van der Waals surface area contributed by atoms with Gasteiger partial charge in [-0.05, 0) is 12.5 Å². The van der Waals surface area contributed by atoms with Crippen LogP contribution in [0, 0.1) is 0 Å². The van der Waals surface area contributed by atoms with Crippen molar-refractivity contribution in [3.63, 3.8) is 0 Å². The summed E-state index contributed by atoms with van der Waals surface area (Å²) in [7, 11) is 0. The highest BCUT2D eigenvalue weighted by Crippen LogP contribution is 2.24. The quantitative estimate of drug-likeness (QED) is 0.682. The van der Waals surface area contributed by atoms with Gasteiger partial charge in [0, 0.05) is 23.5 Å². The molecular weight excluding hydrogens is 308 g/mol. The second kappa shape index (κ2) is 7.20. The zero-order valence-corrected chi connectivity index (χ0v) is 12.1. The predicted molar refractivity (Wildman–Crippen MR) is 77.4 cm³/mol. The van der Waals surface area contributed by atoms with Crippen molar-refractivity contribution < 1.29 is 0 Å². The van der Waals surface area contributed by atoms with Gasteiger partial charge in [0.25, 0.3) is 0 Å². The molecule has 1 N–H and O–H groups in total. The molecular formula is C11H14BrClN2S. The molecule has 1 aromatic carbocycles. The number of amidine groups is 1. The molecule has 1 aromatic rings. The molecule has 1 aliphatic heterocycles. The van der Waals surface area contributed by atoms with Crippen LogP contribution in [0.15, 0.2) is 34.2 Å². The zero-order valence-electron chi connectivity index (χ0n) is 8.78. The molecule has 0 aromatic heterocycles. The van der Waals surface area contributed by atoms with Crippen LogP contribution in [0.25, 0.3) is 0 Å². The lowest BCUT2D eigenvalue weighted by atomic mass is 10.2. The minimum atomic E-state index is 0. The summed E-state index contributed by atoms with van der Waals surface area (Å²) >= 11 is 7.39. The SMILES string of the molecule is Br.ClCSc1ccccc1C1=NCCCN1. The van der Waals surface area contributed by atoms with Gasteiger partial charge in [0.05, 0.1) is 5.21 Å². The molecule has 1 heterocycles. The van der Waals surface area contributed by atoms with Crippen molar-refractivity contribution in [2.24, 2.45) is 4.99 Å². The van der Waals surface area contributed by atoms with Crippen LogP contribution in [-0.2, 0) is 0 Å². The maximum absolute atomic E-state index is 5.75. The maximum Gasteiger partial charge on any atom is 0.129 e. The average Bonchev–Trinajstić information content (AvgIpc) is 2.31. The fourth-order valence-electron chi connectivity index (χ4n) is 1.56. The number of thioether (sulfide) groups is 1. The normalized spacial score (nSPS) is 14.7. The molecule has 0 saturated heterocycles. The number of hydrogen-bond acceptors (Lipinski definition) is 3. The van der Waals surface area contributed by atoms with Gasteiger partial charge in [-0.15, -0.1) is 40.3 Å². The Kier molecular flexibility index (Phi) is 6.24. The Morgan fingerprint density at radius 2 is 2.19 bits per heavy atom. The van der Waals surface area contributed by atoms with E-state index in [1.165, 1.54) is 10.5 Å². The van der Waals surface area contributed by atoms with E-state index >= 15 is 0 Å². The lowest BCUT2D eigenvalue weighted by Crippen LogP contribution is -2.30. The van der Waals surface area contributed by atoms with Gasteiger partial charge in [0.15, 0.2) is 0 Å². The second-order valence-electron chi connectivity index (χ2n) is 3.26. The summed E-state index contributed by atoms with van der Waals surface area (Å²) in [5, 5.41) is 3.90. The molecule has 2 rings (SSSR count). The molecule has 88 valence electrons. The first-order valence-corrected chi connectivity index (χ1v) is 6.50. The highest BCUT2D eigenvalue weighted by molar-refractivity contribution is 8.93. The van der Waals surface area contributed by atoms with E-state index in [1.807, 2.05) is 12.1 Å². The molecule has 5 heteroatoms. The third-order valence-corrected chi connectivity index (χ3v) is 3.35. The molecule has 0 fully saturated rings. The zero-order chi connectivity index (χ0) is 10.5. The predicted octanol–water partition coefficient (Wildman–Crippen LogP) is 3.29. The average molecular weight is 322 g/mol. The smallest absolute Gasteiger partial charge is 0.129 e. The van der Waals surface area contributed by atoms with Crippen LogP contribution in [0.4, 0.5) is 0 Å². The molecule has 0 atom stereocenters. The summed E-state index contributed by atoms with van der Waals surface area (Å²) in [6.07, 6.45) is 1.12. The first kappa shape index (κ1) is 13.9. The fraction of sp³-hybridized carbons (Fsp3) is 0.364. The Morgan fingerprint density at radius 3 is 2.88 bits per heavy atom. The lowest BCUT2D eigenvalue weighted by Gasteiger charge is -2.16. The van der Waals surface area contributed by atoms with Crippen molar-refractivity contribution in [1.29, 1.82) is 0 Å². The van der Waals surface area contributed by atoms with Gasteiger partial charge < -0.3 is 5.32 Å². The summed E-state index contributed by atoms with van der Waals surface area (Å²) in [4.78, 5) is 5.69. The molecule has 1 aliphatic rings. The maximum atomic E-state index is 5.75. The number of hydrogen-bond donors (Lipinski definition) is 1. The number of nitrogens with one attached hydrogen (secondary N) is 1. The van der Waals surface area contributed by atoms with E-state index in [9.17, 15) is 0 Å². The van der Waals surface area contributed by atoms with E-state index in [1.54, 1.807) is 11.8 Å². The van der Waals surface area contributed by atoms with E-state index < -0.39 is 0 Å². The van der Waals surface area contributed by atoms with Gasteiger partial charge in [-0.3, -0.25) is 4.99 Å². The van der Waals surface area contributed by atoms with Crippen molar-refractivity contribution in [3.8, 4) is 0 Å². The van der Waals surface area contributed by atoms with Crippen LogP contribution >= 0.6 is 40.3 Å². The largest absolute Gasteiger partial charge is 0.370 e. The summed E-state index contributed by atoms with van der Waals surface area (Å²) in [5.41, 5.74) is 1.17. The molecule has 0 amide bonds. The Bertz CT molecular complexity index is 371. The van der Waals surface area contributed by atoms with Crippen molar-refractivity contribution in [2.45, 2.75) is 11.3 Å². The van der Waals surface area contributed by atoms with Crippen LogP contribution in [0.1, 0.15) is 12.0 Å². The standard InChI is InChI=1S/C11H13ClN2S.BrH/c12-8-15-10-5-2-1-4-9(10)11-13-6-3-7-14-11;/h1-2,4-5H,3,6-8H2,(H,13,14);1H. The van der Waals surface area contributed by atoms with Crippen LogP contribution in [0.5, 0.6) is 0 Å². The Balaban J connectivity index is 0.00000128. The van der Waals surface area contributed by atoms with Crippen LogP contribution < -0.4 is 5.32 Å². The second-order valence-corrected chi connectivity index (χ2v) is 4.86. The van der Waals surface area contributed by atoms with Crippen LogP contribution in [0.3, 0.4) is 0 Å². The number of aliphatic imine (C=N–C) groups is 1. The molecule has 0 spiro atoms. The molecule has 0 saturated carbocycles. The highest BCUT2D eigenvalue weighted by atomic mass is 79.9. The van der Waals surface area contributed by atoms with Gasteiger partial charge in [-0.2, -0.15) is 0 Å². The van der Waals surface area contributed by atoms with E-state index in [4.69, 9.17) is 11.6 Å². The van der Waals surface area contributed by atoms with E-state index in [0.29, 0.717) is 5.21 Å².